The number of fused-ring (bicyclic) bond motifs is 1. The molecule has 0 spiro atoms. The average molecular weight is 345 g/mol. The van der Waals surface area contributed by atoms with Crippen LogP contribution in [0.15, 0.2) is 30.6 Å². The van der Waals surface area contributed by atoms with Crippen LogP contribution >= 0.6 is 0 Å². The van der Waals surface area contributed by atoms with Gasteiger partial charge in [-0.3, -0.25) is 0 Å². The molecule has 5 nitrogen and oxygen atoms in total. The molecule has 0 saturated carbocycles. The van der Waals surface area contributed by atoms with Gasteiger partial charge in [0.2, 0.25) is 0 Å². The number of anilines is 1. The first-order valence-electron chi connectivity index (χ1n) is 6.39. The van der Waals surface area contributed by atoms with Gasteiger partial charge in [0.1, 0.15) is 0 Å². The van der Waals surface area contributed by atoms with Crippen molar-refractivity contribution in [3.05, 3.63) is 40.7 Å². The van der Waals surface area contributed by atoms with Crippen molar-refractivity contribution in [3.8, 4) is 5.75 Å². The van der Waals surface area contributed by atoms with Crippen molar-refractivity contribution in [2.75, 3.05) is 19.0 Å². The number of rotatable bonds is 3. The Balaban J connectivity index is 1.83. The molecule has 1 N–H and O–H groups in total. The average Bonchev–Trinajstić information content (AvgIpc) is 2.87. The molecule has 6 heteroatoms. The summed E-state index contributed by atoms with van der Waals surface area (Å²) in [5.74, 6) is 0.948. The number of aromatic hydroxyl groups is 1. The molecule has 0 fully saturated rings. The number of phenols is 1. The van der Waals surface area contributed by atoms with Gasteiger partial charge < -0.3 is 0 Å². The van der Waals surface area contributed by atoms with E-state index in [0.29, 0.717) is 5.95 Å². The van der Waals surface area contributed by atoms with Crippen molar-refractivity contribution < 1.29 is 5.11 Å². The third-order valence-corrected chi connectivity index (χ3v) is 4.97. The number of aromatic nitrogens is 3. The maximum atomic E-state index is 9.46. The maximum absolute atomic E-state index is 9.46. The van der Waals surface area contributed by atoms with E-state index in [9.17, 15) is 5.11 Å². The Kier molecular flexibility index (Phi) is 3.73. The fourth-order valence-electron chi connectivity index (χ4n) is 1.82. The van der Waals surface area contributed by atoms with Crippen LogP contribution in [-0.2, 0) is 0 Å². The summed E-state index contributed by atoms with van der Waals surface area (Å²) in [6.45, 7) is 0. The molecule has 106 valence electrons. The van der Waals surface area contributed by atoms with Crippen molar-refractivity contribution in [2.24, 2.45) is 0 Å². The van der Waals surface area contributed by atoms with Gasteiger partial charge in [-0.15, -0.1) is 0 Å². The molecule has 0 radical (unpaired) electrons. The number of benzene rings is 1. The molecule has 0 saturated heterocycles. The van der Waals surface area contributed by atoms with Gasteiger partial charge in [-0.25, -0.2) is 0 Å². The molecule has 0 aliphatic heterocycles. The summed E-state index contributed by atoms with van der Waals surface area (Å²) in [6, 6.07) is 5.34. The first kappa shape index (κ1) is 13.8. The topological polar surface area (TPSA) is 62.1 Å². The monoisotopic (exact) mass is 346 g/mol. The molecular formula is C15H14N4OSe. The third kappa shape index (κ3) is 3.12. The molecule has 0 unspecified atom stereocenters. The summed E-state index contributed by atoms with van der Waals surface area (Å²) < 4.78 is 2.22. The predicted molar refractivity (Wildman–Crippen MR) is 85.6 cm³/mol. The Morgan fingerprint density at radius 1 is 1.14 bits per heavy atom. The van der Waals surface area contributed by atoms with Gasteiger partial charge >= 0.3 is 128 Å². The molecule has 21 heavy (non-hydrogen) atoms. The first-order valence-corrected chi connectivity index (χ1v) is 8.10. The van der Waals surface area contributed by atoms with Crippen molar-refractivity contribution in [1.82, 2.24) is 15.0 Å². The zero-order chi connectivity index (χ0) is 14.8. The molecule has 2 aromatic heterocycles. The zero-order valence-electron chi connectivity index (χ0n) is 11.7. The third-order valence-electron chi connectivity index (χ3n) is 2.86. The van der Waals surface area contributed by atoms with E-state index in [1.807, 2.05) is 37.2 Å². The van der Waals surface area contributed by atoms with Crippen LogP contribution in [0.4, 0.5) is 5.95 Å². The molecule has 2 heterocycles. The molecule has 0 amide bonds. The first-order chi connectivity index (χ1) is 10.1. The van der Waals surface area contributed by atoms with E-state index in [1.54, 1.807) is 24.5 Å². The zero-order valence-corrected chi connectivity index (χ0v) is 13.4. The van der Waals surface area contributed by atoms with E-state index < -0.39 is 0 Å². The van der Waals surface area contributed by atoms with Crippen LogP contribution in [-0.4, -0.2) is 48.7 Å². The molecule has 3 aromatic rings. The summed E-state index contributed by atoms with van der Waals surface area (Å²) >= 11 is 0.184. The van der Waals surface area contributed by atoms with Crippen LogP contribution in [0.1, 0.15) is 10.1 Å². The Bertz CT molecular complexity index is 793. The minimum absolute atomic E-state index is 0.184. The van der Waals surface area contributed by atoms with Crippen molar-refractivity contribution >= 4 is 42.4 Å². The second kappa shape index (κ2) is 5.68. The van der Waals surface area contributed by atoms with Gasteiger partial charge in [-0.05, 0) is 0 Å². The fraction of sp³-hybridized carbons (Fsp3) is 0.133. The van der Waals surface area contributed by atoms with Crippen molar-refractivity contribution in [2.45, 2.75) is 0 Å². The summed E-state index contributed by atoms with van der Waals surface area (Å²) in [5.41, 5.74) is 1.81. The number of nitrogens with zero attached hydrogens (tertiary/aromatic N) is 4. The van der Waals surface area contributed by atoms with E-state index in [4.69, 9.17) is 0 Å². The van der Waals surface area contributed by atoms with Crippen LogP contribution in [0.5, 0.6) is 5.75 Å². The predicted octanol–water partition coefficient (Wildman–Crippen LogP) is 2.02. The molecule has 1 aromatic carbocycles. The van der Waals surface area contributed by atoms with Crippen LogP contribution < -0.4 is 4.90 Å². The van der Waals surface area contributed by atoms with Gasteiger partial charge in [0.25, 0.3) is 0 Å². The van der Waals surface area contributed by atoms with Crippen LogP contribution in [0.3, 0.4) is 0 Å². The van der Waals surface area contributed by atoms with Gasteiger partial charge in [0.05, 0.1) is 0 Å². The Morgan fingerprint density at radius 2 is 1.90 bits per heavy atom. The normalized spacial score (nSPS) is 11.3. The quantitative estimate of drug-likeness (QED) is 0.736. The number of hydrogen-bond donors (Lipinski definition) is 1. The number of phenolic OH excluding ortho intramolecular Hbond substituents is 1. The summed E-state index contributed by atoms with van der Waals surface area (Å²) in [5, 5.41) is 9.46. The van der Waals surface area contributed by atoms with Crippen LogP contribution in [0.25, 0.3) is 21.9 Å². The van der Waals surface area contributed by atoms with Crippen LogP contribution in [0, 0.1) is 0 Å². The van der Waals surface area contributed by atoms with Crippen molar-refractivity contribution in [3.63, 3.8) is 0 Å². The van der Waals surface area contributed by atoms with Crippen LogP contribution in [0.2, 0.25) is 0 Å². The summed E-state index contributed by atoms with van der Waals surface area (Å²) in [7, 11) is 3.82. The van der Waals surface area contributed by atoms with E-state index in [-0.39, 0.29) is 20.3 Å². The molecule has 3 rings (SSSR count). The van der Waals surface area contributed by atoms with E-state index in [0.717, 1.165) is 15.6 Å². The summed E-state index contributed by atoms with van der Waals surface area (Å²) in [6.07, 6.45) is 7.54. The Labute approximate surface area is 128 Å². The standard InChI is InChI=1S/C15H14N4OSe/c1-19(2)15-16-8-10(9-17-15)3-6-14-18-12-7-11(20)4-5-13(12)21-14/h3-9,20H,1-2H3/b6-3+. The van der Waals surface area contributed by atoms with Crippen molar-refractivity contribution in [1.29, 1.82) is 0 Å². The molecule has 0 aliphatic rings. The molecular weight excluding hydrogens is 331 g/mol. The SMILES string of the molecule is CN(C)c1ncc(/C=C/c2nc3cc(O)ccc3[se]2)cn1. The second-order valence-electron chi connectivity index (χ2n) is 4.75. The second-order valence-corrected chi connectivity index (χ2v) is 6.98. The Hall–Kier alpha value is -2.17. The van der Waals surface area contributed by atoms with Gasteiger partial charge in [0, 0.05) is 0 Å². The minimum atomic E-state index is 0.184. The number of hydrogen-bond acceptors (Lipinski definition) is 5. The van der Waals surface area contributed by atoms with Gasteiger partial charge in [-0.2, -0.15) is 0 Å². The van der Waals surface area contributed by atoms with Gasteiger partial charge in [-0.1, -0.05) is 0 Å². The van der Waals surface area contributed by atoms with E-state index in [1.165, 1.54) is 4.26 Å². The molecule has 0 bridgehead atoms. The molecule has 0 atom stereocenters. The summed E-state index contributed by atoms with van der Waals surface area (Å²) in [4.78, 5) is 14.9. The van der Waals surface area contributed by atoms with Gasteiger partial charge in [0.15, 0.2) is 0 Å². The van der Waals surface area contributed by atoms with E-state index in [2.05, 4.69) is 15.0 Å². The van der Waals surface area contributed by atoms with E-state index >= 15 is 0 Å². The fourth-order valence-corrected chi connectivity index (χ4v) is 3.61. The molecule has 0 aliphatic carbocycles. The Morgan fingerprint density at radius 3 is 2.62 bits per heavy atom.